The number of hydrogen-bond acceptors (Lipinski definition) is 5. The maximum Gasteiger partial charge on any atom is 0.244 e. The summed E-state index contributed by atoms with van der Waals surface area (Å²) in [5.74, 6) is -0.188. The molecule has 0 aliphatic rings. The average Bonchev–Trinajstić information content (AvgIpc) is 2.78. The minimum atomic E-state index is -3.78. The number of nitrogens with zero attached hydrogens (tertiary/aromatic N) is 2. The quantitative estimate of drug-likeness (QED) is 0.518. The van der Waals surface area contributed by atoms with Crippen LogP contribution in [0.15, 0.2) is 48.5 Å². The molecule has 0 spiro atoms. The Hall–Kier alpha value is -3.07. The van der Waals surface area contributed by atoms with E-state index in [9.17, 15) is 18.0 Å². The molecule has 2 aromatic carbocycles. The van der Waals surface area contributed by atoms with Crippen molar-refractivity contribution in [1.29, 1.82) is 0 Å². The summed E-state index contributed by atoms with van der Waals surface area (Å²) in [5.41, 5.74) is 2.09. The lowest BCUT2D eigenvalue weighted by Crippen LogP contribution is -2.52. The Labute approximate surface area is 215 Å². The fraction of sp³-hybridized carbons (Fsp3) is 0.481. The number of rotatable bonds is 10. The highest BCUT2D eigenvalue weighted by atomic mass is 32.2. The zero-order valence-corrected chi connectivity index (χ0v) is 23.3. The van der Waals surface area contributed by atoms with E-state index in [0.717, 1.165) is 21.7 Å². The van der Waals surface area contributed by atoms with Gasteiger partial charge in [-0.15, -0.1) is 0 Å². The van der Waals surface area contributed by atoms with Gasteiger partial charge >= 0.3 is 0 Å². The smallest absolute Gasteiger partial charge is 0.244 e. The third kappa shape index (κ3) is 7.98. The Morgan fingerprint density at radius 1 is 1.03 bits per heavy atom. The number of carbonyl (C=O) groups excluding carboxylic acids is 2. The van der Waals surface area contributed by atoms with Crippen molar-refractivity contribution in [1.82, 2.24) is 10.2 Å². The molecule has 9 heteroatoms. The van der Waals surface area contributed by atoms with Crippen molar-refractivity contribution in [2.45, 2.75) is 65.6 Å². The van der Waals surface area contributed by atoms with Gasteiger partial charge in [0.1, 0.15) is 18.3 Å². The Bertz CT molecular complexity index is 1150. The molecule has 0 heterocycles. The van der Waals surface area contributed by atoms with Gasteiger partial charge in [-0.25, -0.2) is 8.42 Å². The van der Waals surface area contributed by atoms with Gasteiger partial charge in [0.2, 0.25) is 21.8 Å². The van der Waals surface area contributed by atoms with Crippen LogP contribution in [0.3, 0.4) is 0 Å². The van der Waals surface area contributed by atoms with Gasteiger partial charge in [0.15, 0.2) is 0 Å². The number of anilines is 1. The van der Waals surface area contributed by atoms with Crippen molar-refractivity contribution in [3.63, 3.8) is 0 Å². The average molecular weight is 518 g/mol. The highest BCUT2D eigenvalue weighted by molar-refractivity contribution is 7.92. The third-order valence-corrected chi connectivity index (χ3v) is 6.93. The van der Waals surface area contributed by atoms with Crippen LogP contribution in [0.4, 0.5) is 5.69 Å². The Morgan fingerprint density at radius 3 is 2.14 bits per heavy atom. The number of methoxy groups -OCH3 is 1. The summed E-state index contributed by atoms with van der Waals surface area (Å²) in [4.78, 5) is 27.8. The minimum Gasteiger partial charge on any atom is -0.497 e. The molecule has 198 valence electrons. The second kappa shape index (κ2) is 11.8. The van der Waals surface area contributed by atoms with Crippen LogP contribution in [-0.4, -0.2) is 57.1 Å². The molecule has 0 saturated carbocycles. The summed E-state index contributed by atoms with van der Waals surface area (Å²) >= 11 is 0. The van der Waals surface area contributed by atoms with Crippen LogP contribution in [0.25, 0.3) is 0 Å². The van der Waals surface area contributed by atoms with Crippen LogP contribution in [0.1, 0.15) is 52.7 Å². The maximum absolute atomic E-state index is 13.6. The first-order chi connectivity index (χ1) is 16.6. The van der Waals surface area contributed by atoms with E-state index >= 15 is 0 Å². The van der Waals surface area contributed by atoms with Gasteiger partial charge in [-0.05, 0) is 61.6 Å². The Morgan fingerprint density at radius 2 is 1.64 bits per heavy atom. The highest BCUT2D eigenvalue weighted by Gasteiger charge is 2.30. The van der Waals surface area contributed by atoms with Gasteiger partial charge in [-0.3, -0.25) is 13.9 Å². The van der Waals surface area contributed by atoms with Crippen molar-refractivity contribution < 1.29 is 22.7 Å². The molecule has 0 radical (unpaired) electrons. The van der Waals surface area contributed by atoms with Gasteiger partial charge in [0.25, 0.3) is 0 Å². The SMILES string of the molecule is COc1cccc(CN(C(=O)CN(c2ccc(C(C)(C)C)cc2)S(C)(=O)=O)[C@H](C)C(=O)NC(C)C)c1. The lowest BCUT2D eigenvalue weighted by atomic mass is 9.87. The lowest BCUT2D eigenvalue weighted by Gasteiger charge is -2.32. The summed E-state index contributed by atoms with van der Waals surface area (Å²) in [5, 5.41) is 2.83. The third-order valence-electron chi connectivity index (χ3n) is 5.79. The summed E-state index contributed by atoms with van der Waals surface area (Å²) in [6.07, 6.45) is 1.07. The predicted molar refractivity (Wildman–Crippen MR) is 144 cm³/mol. The molecule has 0 bridgehead atoms. The lowest BCUT2D eigenvalue weighted by molar-refractivity contribution is -0.139. The fourth-order valence-corrected chi connectivity index (χ4v) is 4.55. The number of sulfonamides is 1. The van der Waals surface area contributed by atoms with Crippen molar-refractivity contribution in [2.24, 2.45) is 0 Å². The van der Waals surface area contributed by atoms with E-state index in [0.29, 0.717) is 11.4 Å². The minimum absolute atomic E-state index is 0.100. The molecule has 1 N–H and O–H groups in total. The highest BCUT2D eigenvalue weighted by Crippen LogP contribution is 2.26. The van der Waals surface area contributed by atoms with E-state index in [1.165, 1.54) is 4.90 Å². The molecule has 0 aliphatic heterocycles. The van der Waals surface area contributed by atoms with Crippen molar-refractivity contribution in [2.75, 3.05) is 24.2 Å². The molecule has 8 nitrogen and oxygen atoms in total. The molecule has 2 rings (SSSR count). The van der Waals surface area contributed by atoms with E-state index in [2.05, 4.69) is 26.1 Å². The molecule has 0 aromatic heterocycles. The first-order valence-corrected chi connectivity index (χ1v) is 13.8. The number of amides is 2. The molecular formula is C27H39N3O5S. The summed E-state index contributed by atoms with van der Waals surface area (Å²) in [6, 6.07) is 13.4. The van der Waals surface area contributed by atoms with Crippen molar-refractivity contribution in [3.05, 3.63) is 59.7 Å². The molecular weight excluding hydrogens is 478 g/mol. The van der Waals surface area contributed by atoms with E-state index in [4.69, 9.17) is 4.74 Å². The molecule has 0 unspecified atom stereocenters. The number of hydrogen-bond donors (Lipinski definition) is 1. The zero-order valence-electron chi connectivity index (χ0n) is 22.5. The summed E-state index contributed by atoms with van der Waals surface area (Å²) in [6.45, 7) is 11.2. The molecule has 0 fully saturated rings. The van der Waals surface area contributed by atoms with E-state index < -0.39 is 28.5 Å². The van der Waals surface area contributed by atoms with Gasteiger partial charge in [0.05, 0.1) is 19.1 Å². The Balaban J connectivity index is 2.41. The second-order valence-electron chi connectivity index (χ2n) is 10.3. The number of benzene rings is 2. The van der Waals surface area contributed by atoms with Crippen molar-refractivity contribution in [3.8, 4) is 5.75 Å². The second-order valence-corrected chi connectivity index (χ2v) is 12.2. The summed E-state index contributed by atoms with van der Waals surface area (Å²) in [7, 11) is -2.23. The standard InChI is InChI=1S/C27H39N3O5S/c1-19(2)28-26(32)20(3)29(17-21-10-9-11-24(16-21)35-7)25(31)18-30(36(8,33)34)23-14-12-22(13-15-23)27(4,5)6/h9-16,19-20H,17-18H2,1-8H3,(H,28,32)/t20-/m1/s1. The normalized spacial score (nSPS) is 12.7. The maximum atomic E-state index is 13.6. The van der Waals surface area contributed by atoms with Gasteiger partial charge in [0, 0.05) is 12.6 Å². The topological polar surface area (TPSA) is 96.0 Å². The molecule has 2 amide bonds. The monoisotopic (exact) mass is 517 g/mol. The number of nitrogens with one attached hydrogen (secondary N) is 1. The first-order valence-electron chi connectivity index (χ1n) is 11.9. The van der Waals surface area contributed by atoms with Crippen LogP contribution >= 0.6 is 0 Å². The van der Waals surface area contributed by atoms with Gasteiger partial charge in [-0.2, -0.15) is 0 Å². The Kier molecular flexibility index (Phi) is 9.54. The van der Waals surface area contributed by atoms with Gasteiger partial charge < -0.3 is 15.0 Å². The number of ether oxygens (including phenoxy) is 1. The first kappa shape index (κ1) is 29.2. The van der Waals surface area contributed by atoms with Crippen LogP contribution < -0.4 is 14.4 Å². The molecule has 1 atom stereocenters. The van der Waals surface area contributed by atoms with Gasteiger partial charge in [-0.1, -0.05) is 45.0 Å². The predicted octanol–water partition coefficient (Wildman–Crippen LogP) is 3.70. The van der Waals surface area contributed by atoms with E-state index in [1.54, 1.807) is 44.4 Å². The van der Waals surface area contributed by atoms with Crippen LogP contribution in [0.2, 0.25) is 0 Å². The largest absolute Gasteiger partial charge is 0.497 e. The number of carbonyl (C=O) groups is 2. The van der Waals surface area contributed by atoms with E-state index in [-0.39, 0.29) is 23.9 Å². The molecule has 0 aliphatic carbocycles. The molecule has 0 saturated heterocycles. The van der Waals surface area contributed by atoms with Crippen LogP contribution in [-0.2, 0) is 31.6 Å². The van der Waals surface area contributed by atoms with Crippen LogP contribution in [0, 0.1) is 0 Å². The summed E-state index contributed by atoms with van der Waals surface area (Å²) < 4.78 is 31.8. The van der Waals surface area contributed by atoms with Crippen LogP contribution in [0.5, 0.6) is 5.75 Å². The molecule has 36 heavy (non-hydrogen) atoms. The van der Waals surface area contributed by atoms with Crippen molar-refractivity contribution >= 4 is 27.5 Å². The fourth-order valence-electron chi connectivity index (χ4n) is 3.70. The molecule has 2 aromatic rings. The zero-order chi connectivity index (χ0) is 27.3. The van der Waals surface area contributed by atoms with E-state index in [1.807, 2.05) is 32.0 Å².